The van der Waals surface area contributed by atoms with Crippen LogP contribution in [0.15, 0.2) is 103 Å². The molecule has 4 nitrogen and oxygen atoms in total. The van der Waals surface area contributed by atoms with E-state index in [1.54, 1.807) is 12.1 Å². The first-order chi connectivity index (χ1) is 13.8. The highest BCUT2D eigenvalue weighted by Gasteiger charge is 2.36. The molecule has 28 heavy (non-hydrogen) atoms. The molecule has 0 amide bonds. The van der Waals surface area contributed by atoms with Crippen molar-refractivity contribution >= 4 is 17.4 Å². The molecule has 0 aliphatic rings. The molecule has 0 saturated heterocycles. The van der Waals surface area contributed by atoms with E-state index in [-0.39, 0.29) is 0 Å². The summed E-state index contributed by atoms with van der Waals surface area (Å²) < 4.78 is 0. The minimum Gasteiger partial charge on any atom is -0.303 e. The Morgan fingerprint density at radius 3 is 1.43 bits per heavy atom. The summed E-state index contributed by atoms with van der Waals surface area (Å²) in [6, 6.07) is 34.5. The van der Waals surface area contributed by atoms with Gasteiger partial charge in [0.15, 0.2) is 11.0 Å². The Balaban J connectivity index is 1.86. The van der Waals surface area contributed by atoms with E-state index in [1.807, 2.05) is 54.6 Å². The lowest BCUT2D eigenvalue weighted by Crippen LogP contribution is -2.47. The summed E-state index contributed by atoms with van der Waals surface area (Å²) in [5, 5.41) is 8.37. The van der Waals surface area contributed by atoms with Crippen molar-refractivity contribution in [3.63, 3.8) is 0 Å². The number of hydrogen-bond acceptors (Lipinski definition) is 4. The summed E-state index contributed by atoms with van der Waals surface area (Å²) in [7, 11) is 0. The molecule has 4 aromatic rings. The number of nitrogens with one attached hydrogen (secondary N) is 2. The minimum atomic E-state index is -0.634. The Hall–Kier alpha value is -3.21. The summed E-state index contributed by atoms with van der Waals surface area (Å²) in [6.07, 6.45) is 0. The molecule has 2 N–H and O–H groups in total. The summed E-state index contributed by atoms with van der Waals surface area (Å²) in [6.45, 7) is 0. The first-order valence-electron chi connectivity index (χ1n) is 8.98. The zero-order chi connectivity index (χ0) is 19.2. The summed E-state index contributed by atoms with van der Waals surface area (Å²) in [5.41, 5.74) is 9.41. The van der Waals surface area contributed by atoms with E-state index in [2.05, 4.69) is 57.4 Å². The van der Waals surface area contributed by atoms with Crippen LogP contribution in [0.2, 0.25) is 5.15 Å². The van der Waals surface area contributed by atoms with E-state index >= 15 is 0 Å². The molecule has 0 aliphatic heterocycles. The van der Waals surface area contributed by atoms with Crippen LogP contribution in [0.4, 0.5) is 5.82 Å². The fraction of sp³-hybridized carbons (Fsp3) is 0.0435. The number of nitrogens with zero attached hydrogens (tertiary/aromatic N) is 2. The largest absolute Gasteiger partial charge is 0.303 e. The molecule has 3 aromatic carbocycles. The van der Waals surface area contributed by atoms with Gasteiger partial charge in [0.2, 0.25) is 0 Å². The number of anilines is 1. The van der Waals surface area contributed by atoms with E-state index in [0.29, 0.717) is 11.0 Å². The molecule has 0 atom stereocenters. The quantitative estimate of drug-likeness (QED) is 0.360. The molecular formula is C23H19ClN4. The normalized spacial score (nSPS) is 11.2. The second-order valence-corrected chi connectivity index (χ2v) is 6.73. The maximum atomic E-state index is 5.87. The Morgan fingerprint density at radius 1 is 0.571 bits per heavy atom. The van der Waals surface area contributed by atoms with Crippen LogP contribution in [0.3, 0.4) is 0 Å². The number of hydrogen-bond donors (Lipinski definition) is 2. The lowest BCUT2D eigenvalue weighted by Gasteiger charge is -2.37. The van der Waals surface area contributed by atoms with Gasteiger partial charge in [-0.25, -0.2) is 5.43 Å². The average Bonchev–Trinajstić information content (AvgIpc) is 2.78. The van der Waals surface area contributed by atoms with Crippen molar-refractivity contribution in [2.45, 2.75) is 5.54 Å². The predicted molar refractivity (Wildman–Crippen MR) is 113 cm³/mol. The molecule has 0 fully saturated rings. The minimum absolute atomic E-state index is 0.353. The van der Waals surface area contributed by atoms with E-state index in [1.165, 1.54) is 0 Å². The van der Waals surface area contributed by atoms with Gasteiger partial charge in [-0.3, -0.25) is 0 Å². The number of hydrazine groups is 1. The SMILES string of the molecule is Clc1ccc(NNC(c2ccccc2)(c2ccccc2)c2ccccc2)nn1. The zero-order valence-electron chi connectivity index (χ0n) is 15.1. The highest BCUT2D eigenvalue weighted by atomic mass is 35.5. The van der Waals surface area contributed by atoms with Crippen LogP contribution in [0.5, 0.6) is 0 Å². The van der Waals surface area contributed by atoms with Gasteiger partial charge in [-0.1, -0.05) is 103 Å². The van der Waals surface area contributed by atoms with E-state index in [9.17, 15) is 0 Å². The monoisotopic (exact) mass is 386 g/mol. The van der Waals surface area contributed by atoms with Gasteiger partial charge >= 0.3 is 0 Å². The number of aromatic nitrogens is 2. The van der Waals surface area contributed by atoms with Crippen molar-refractivity contribution in [2.24, 2.45) is 0 Å². The van der Waals surface area contributed by atoms with Gasteiger partial charge in [0.25, 0.3) is 0 Å². The molecule has 0 radical (unpaired) electrons. The molecular weight excluding hydrogens is 368 g/mol. The standard InChI is InChI=1S/C23H19ClN4/c24-21-16-17-22(26-25-21)27-28-23(18-10-4-1-5-11-18,19-12-6-2-7-13-19)20-14-8-3-9-15-20/h1-17,28H,(H,26,27). The van der Waals surface area contributed by atoms with Crippen LogP contribution in [0, 0.1) is 0 Å². The Bertz CT molecular complexity index is 910. The topological polar surface area (TPSA) is 49.8 Å². The second kappa shape index (κ2) is 8.21. The van der Waals surface area contributed by atoms with E-state index < -0.39 is 5.54 Å². The van der Waals surface area contributed by atoms with Crippen molar-refractivity contribution in [3.05, 3.63) is 125 Å². The lowest BCUT2D eigenvalue weighted by molar-refractivity contribution is 0.518. The first kappa shape index (κ1) is 18.2. The highest BCUT2D eigenvalue weighted by molar-refractivity contribution is 6.29. The van der Waals surface area contributed by atoms with Gasteiger partial charge in [-0.05, 0) is 28.8 Å². The van der Waals surface area contributed by atoms with E-state index in [4.69, 9.17) is 11.6 Å². The third kappa shape index (κ3) is 3.60. The van der Waals surface area contributed by atoms with Crippen molar-refractivity contribution in [1.29, 1.82) is 0 Å². The zero-order valence-corrected chi connectivity index (χ0v) is 15.8. The Labute approximate surface area is 169 Å². The van der Waals surface area contributed by atoms with Gasteiger partial charge in [-0.15, -0.1) is 10.2 Å². The van der Waals surface area contributed by atoms with Gasteiger partial charge in [0.05, 0.1) is 0 Å². The van der Waals surface area contributed by atoms with E-state index in [0.717, 1.165) is 16.7 Å². The summed E-state index contributed by atoms with van der Waals surface area (Å²) in [4.78, 5) is 0. The number of halogens is 1. The smallest absolute Gasteiger partial charge is 0.162 e. The molecule has 1 heterocycles. The molecule has 0 spiro atoms. The van der Waals surface area contributed by atoms with Crippen LogP contribution in [0.25, 0.3) is 0 Å². The van der Waals surface area contributed by atoms with Crippen LogP contribution in [-0.4, -0.2) is 10.2 Å². The maximum Gasteiger partial charge on any atom is 0.162 e. The number of benzene rings is 3. The van der Waals surface area contributed by atoms with Gasteiger partial charge in [0.1, 0.15) is 5.54 Å². The lowest BCUT2D eigenvalue weighted by atomic mass is 9.77. The van der Waals surface area contributed by atoms with Gasteiger partial charge in [0, 0.05) is 0 Å². The first-order valence-corrected chi connectivity index (χ1v) is 9.36. The number of rotatable bonds is 6. The second-order valence-electron chi connectivity index (χ2n) is 6.34. The Morgan fingerprint density at radius 2 is 1.04 bits per heavy atom. The molecule has 138 valence electrons. The molecule has 0 saturated carbocycles. The van der Waals surface area contributed by atoms with Crippen molar-refractivity contribution in [3.8, 4) is 0 Å². The average molecular weight is 387 g/mol. The van der Waals surface area contributed by atoms with Crippen LogP contribution >= 0.6 is 11.6 Å². The third-order valence-electron chi connectivity index (χ3n) is 4.63. The van der Waals surface area contributed by atoms with Gasteiger partial charge in [-0.2, -0.15) is 0 Å². The highest BCUT2D eigenvalue weighted by Crippen LogP contribution is 2.36. The fourth-order valence-electron chi connectivity index (χ4n) is 3.32. The molecule has 1 aromatic heterocycles. The predicted octanol–water partition coefficient (Wildman–Crippen LogP) is 5.04. The summed E-state index contributed by atoms with van der Waals surface area (Å²) >= 11 is 5.87. The molecule has 4 rings (SSSR count). The van der Waals surface area contributed by atoms with Crippen molar-refractivity contribution < 1.29 is 0 Å². The maximum absolute atomic E-state index is 5.87. The van der Waals surface area contributed by atoms with Crippen molar-refractivity contribution in [2.75, 3.05) is 5.43 Å². The van der Waals surface area contributed by atoms with Crippen LogP contribution in [-0.2, 0) is 5.54 Å². The molecule has 0 aliphatic carbocycles. The fourth-order valence-corrected chi connectivity index (χ4v) is 3.42. The van der Waals surface area contributed by atoms with Crippen LogP contribution < -0.4 is 10.9 Å². The Kier molecular flexibility index (Phi) is 5.33. The third-order valence-corrected chi connectivity index (χ3v) is 4.83. The molecule has 5 heteroatoms. The molecule has 0 bridgehead atoms. The summed E-state index contributed by atoms with van der Waals surface area (Å²) in [5.74, 6) is 0.580. The molecule has 0 unspecified atom stereocenters. The van der Waals surface area contributed by atoms with Gasteiger partial charge < -0.3 is 5.43 Å². The van der Waals surface area contributed by atoms with Crippen LogP contribution in [0.1, 0.15) is 16.7 Å². The van der Waals surface area contributed by atoms with Crippen molar-refractivity contribution in [1.82, 2.24) is 15.6 Å².